The van der Waals surface area contributed by atoms with Crippen molar-refractivity contribution in [1.82, 2.24) is 0 Å². The molecule has 0 aliphatic heterocycles. The molecule has 15 heavy (non-hydrogen) atoms. The van der Waals surface area contributed by atoms with E-state index in [1.54, 1.807) is 6.08 Å². The second-order valence-electron chi connectivity index (χ2n) is 4.94. The molecule has 0 saturated carbocycles. The second kappa shape index (κ2) is 7.73. The Hall–Kier alpha value is -0.523. The Morgan fingerprint density at radius 2 is 1.93 bits per heavy atom. The molecule has 2 heteroatoms. The smallest absolute Gasteiger partial charge is 0.129 e. The van der Waals surface area contributed by atoms with Gasteiger partial charge in [0.05, 0.1) is 6.10 Å². The molecule has 0 spiro atoms. The van der Waals surface area contributed by atoms with Gasteiger partial charge in [0.2, 0.25) is 0 Å². The largest absolute Gasteiger partial charge is 0.389 e. The normalized spacial score (nSPS) is 13.7. The van der Waals surface area contributed by atoms with Crippen LogP contribution in [0.4, 0.5) is 0 Å². The Balaban J connectivity index is 3.79. The molecule has 0 amide bonds. The highest BCUT2D eigenvalue weighted by Crippen LogP contribution is 2.04. The summed E-state index contributed by atoms with van der Waals surface area (Å²) in [6.45, 7) is 8.81. The predicted molar refractivity (Wildman–Crippen MR) is 70.4 cm³/mol. The van der Waals surface area contributed by atoms with Crippen molar-refractivity contribution in [3.63, 3.8) is 0 Å². The van der Waals surface area contributed by atoms with E-state index >= 15 is 0 Å². The molecule has 0 fully saturated rings. The molecule has 0 aliphatic carbocycles. The fourth-order valence-corrected chi connectivity index (χ4v) is 1.63. The third-order valence-electron chi connectivity index (χ3n) is 1.95. The summed E-state index contributed by atoms with van der Waals surface area (Å²) < 4.78 is 0. The summed E-state index contributed by atoms with van der Waals surface area (Å²) in [6.07, 6.45) is 7.66. The summed E-state index contributed by atoms with van der Waals surface area (Å²) in [4.78, 5) is 0. The van der Waals surface area contributed by atoms with Crippen molar-refractivity contribution < 1.29 is 5.11 Å². The highest BCUT2D eigenvalue weighted by Gasteiger charge is 2.06. The van der Waals surface area contributed by atoms with Crippen LogP contribution in [0.3, 0.4) is 0 Å². The van der Waals surface area contributed by atoms with Gasteiger partial charge in [-0.1, -0.05) is 51.7 Å². The van der Waals surface area contributed by atoms with Crippen LogP contribution in [0.2, 0.25) is 19.6 Å². The van der Waals surface area contributed by atoms with Crippen molar-refractivity contribution in [2.24, 2.45) is 0 Å². The Morgan fingerprint density at radius 3 is 2.47 bits per heavy atom. The number of rotatable bonds is 5. The Morgan fingerprint density at radius 1 is 1.27 bits per heavy atom. The first-order valence-corrected chi connectivity index (χ1v) is 9.33. The molecular formula is C13H24OSi. The molecule has 1 N–H and O–H groups in total. The molecule has 0 aromatic rings. The molecule has 1 unspecified atom stereocenters. The van der Waals surface area contributed by atoms with E-state index in [-0.39, 0.29) is 6.10 Å². The summed E-state index contributed by atoms with van der Waals surface area (Å²) >= 11 is 0. The van der Waals surface area contributed by atoms with Gasteiger partial charge in [0.15, 0.2) is 0 Å². The average Bonchev–Trinajstić information content (AvgIpc) is 2.11. The van der Waals surface area contributed by atoms with Gasteiger partial charge in [-0.25, -0.2) is 0 Å². The minimum Gasteiger partial charge on any atom is -0.389 e. The molecule has 1 nitrogen and oxygen atoms in total. The van der Waals surface area contributed by atoms with Crippen LogP contribution in [-0.4, -0.2) is 19.3 Å². The lowest BCUT2D eigenvalue weighted by atomic mass is 10.1. The van der Waals surface area contributed by atoms with E-state index in [9.17, 15) is 5.11 Å². The number of allylic oxidation sites excluding steroid dienone is 1. The zero-order chi connectivity index (χ0) is 11.7. The Labute approximate surface area is 95.6 Å². The number of hydrogen-bond acceptors (Lipinski definition) is 1. The molecule has 0 heterocycles. The second-order valence-corrected chi connectivity index (χ2v) is 9.69. The van der Waals surface area contributed by atoms with E-state index in [2.05, 4.69) is 38.0 Å². The summed E-state index contributed by atoms with van der Waals surface area (Å²) in [7, 11) is -1.25. The first-order valence-electron chi connectivity index (χ1n) is 5.83. The van der Waals surface area contributed by atoms with Crippen molar-refractivity contribution in [1.29, 1.82) is 0 Å². The summed E-state index contributed by atoms with van der Waals surface area (Å²) in [6, 6.07) is 0. The van der Waals surface area contributed by atoms with E-state index in [0.717, 1.165) is 12.8 Å². The van der Waals surface area contributed by atoms with E-state index < -0.39 is 8.07 Å². The maximum Gasteiger partial charge on any atom is 0.129 e. The lowest BCUT2D eigenvalue weighted by Gasteiger charge is -2.03. The minimum absolute atomic E-state index is 0.313. The van der Waals surface area contributed by atoms with Crippen LogP contribution in [0, 0.1) is 11.5 Å². The number of unbranched alkanes of at least 4 members (excludes halogenated alkanes) is 2. The van der Waals surface area contributed by atoms with Gasteiger partial charge in [0.1, 0.15) is 8.07 Å². The molecule has 0 rings (SSSR count). The molecule has 0 radical (unpaired) electrons. The van der Waals surface area contributed by atoms with Crippen LogP contribution in [0.25, 0.3) is 0 Å². The monoisotopic (exact) mass is 224 g/mol. The molecule has 0 saturated heterocycles. The average molecular weight is 224 g/mol. The van der Waals surface area contributed by atoms with Crippen molar-refractivity contribution in [2.45, 2.75) is 58.4 Å². The highest BCUT2D eigenvalue weighted by molar-refractivity contribution is 6.83. The number of hydrogen-bond donors (Lipinski definition) is 1. The third kappa shape index (κ3) is 11.4. The van der Waals surface area contributed by atoms with Crippen LogP contribution in [0.15, 0.2) is 12.2 Å². The van der Waals surface area contributed by atoms with Crippen LogP contribution < -0.4 is 0 Å². The first-order chi connectivity index (χ1) is 6.95. The highest BCUT2D eigenvalue weighted by atomic mass is 28.3. The van der Waals surface area contributed by atoms with Crippen molar-refractivity contribution in [3.05, 3.63) is 12.2 Å². The predicted octanol–water partition coefficient (Wildman–Crippen LogP) is 3.36. The van der Waals surface area contributed by atoms with E-state index in [0.29, 0.717) is 0 Å². The number of aliphatic hydroxyl groups is 1. The molecule has 0 aliphatic rings. The molecule has 0 aromatic carbocycles. The first kappa shape index (κ1) is 14.5. The minimum atomic E-state index is -1.25. The van der Waals surface area contributed by atoms with Crippen molar-refractivity contribution >= 4 is 8.07 Å². The van der Waals surface area contributed by atoms with Gasteiger partial charge < -0.3 is 5.11 Å². The molecule has 0 bridgehead atoms. The van der Waals surface area contributed by atoms with E-state index in [1.807, 2.05) is 6.08 Å². The lowest BCUT2D eigenvalue weighted by molar-refractivity contribution is 0.208. The Bertz CT molecular complexity index is 239. The zero-order valence-electron chi connectivity index (χ0n) is 10.5. The standard InChI is InChI=1S/C13H24OSi/c1-5-6-7-10-13(14)11-8-9-12-15(2,3)4/h8,11,13-14H,5-7,10H2,1-4H3/b11-8-. The van der Waals surface area contributed by atoms with Gasteiger partial charge in [0, 0.05) is 0 Å². The van der Waals surface area contributed by atoms with Crippen molar-refractivity contribution in [2.75, 3.05) is 0 Å². The zero-order valence-corrected chi connectivity index (χ0v) is 11.5. The fraction of sp³-hybridized carbons (Fsp3) is 0.692. The van der Waals surface area contributed by atoms with Gasteiger partial charge in [0.25, 0.3) is 0 Å². The van der Waals surface area contributed by atoms with Crippen molar-refractivity contribution in [3.8, 4) is 11.5 Å². The molecule has 0 aromatic heterocycles. The SMILES string of the molecule is CCCCCC(O)/C=C\C#C[Si](C)(C)C. The van der Waals surface area contributed by atoms with Gasteiger partial charge in [-0.3, -0.25) is 0 Å². The van der Waals surface area contributed by atoms with Gasteiger partial charge in [-0.2, -0.15) is 0 Å². The quantitative estimate of drug-likeness (QED) is 0.431. The maximum absolute atomic E-state index is 9.56. The maximum atomic E-state index is 9.56. The van der Waals surface area contributed by atoms with Crippen LogP contribution >= 0.6 is 0 Å². The fourth-order valence-electron chi connectivity index (χ4n) is 1.12. The number of aliphatic hydroxyl groups excluding tert-OH is 1. The topological polar surface area (TPSA) is 20.2 Å². The lowest BCUT2D eigenvalue weighted by Crippen LogP contribution is -2.16. The summed E-state index contributed by atoms with van der Waals surface area (Å²) in [5.74, 6) is 3.02. The summed E-state index contributed by atoms with van der Waals surface area (Å²) in [5, 5.41) is 9.56. The molecular weight excluding hydrogens is 200 g/mol. The Kier molecular flexibility index (Phi) is 7.46. The molecule has 86 valence electrons. The van der Waals surface area contributed by atoms with Gasteiger partial charge >= 0.3 is 0 Å². The van der Waals surface area contributed by atoms with Crippen LogP contribution in [0.1, 0.15) is 32.6 Å². The molecule has 1 atom stereocenters. The van der Waals surface area contributed by atoms with E-state index in [4.69, 9.17) is 0 Å². The van der Waals surface area contributed by atoms with E-state index in [1.165, 1.54) is 12.8 Å². The van der Waals surface area contributed by atoms with Crippen LogP contribution in [-0.2, 0) is 0 Å². The van der Waals surface area contributed by atoms with Gasteiger partial charge in [-0.15, -0.1) is 5.54 Å². The van der Waals surface area contributed by atoms with Gasteiger partial charge in [-0.05, 0) is 18.6 Å². The van der Waals surface area contributed by atoms with Crippen LogP contribution in [0.5, 0.6) is 0 Å². The summed E-state index contributed by atoms with van der Waals surface area (Å²) in [5.41, 5.74) is 3.24. The third-order valence-corrected chi connectivity index (χ3v) is 2.85.